The molecule has 6 aromatic carbocycles. The molecule has 23 heteroatoms. The van der Waals surface area contributed by atoms with E-state index in [1.165, 1.54) is 45.0 Å². The van der Waals surface area contributed by atoms with Crippen LogP contribution in [0.5, 0.6) is 23.0 Å². The summed E-state index contributed by atoms with van der Waals surface area (Å²) < 4.78 is 0. The first kappa shape index (κ1) is 47.1. The zero-order valence-electron chi connectivity index (χ0n) is 33.1. The maximum Gasteiger partial charge on any atom is 3.00 e. The average Bonchev–Trinajstić information content (AvgIpc) is 3.17. The fourth-order valence-corrected chi connectivity index (χ4v) is 5.80. The van der Waals surface area contributed by atoms with Crippen LogP contribution in [0.3, 0.4) is 0 Å². The molecular weight excluding hydrogens is 864 g/mol. The first-order valence-corrected chi connectivity index (χ1v) is 17.7. The van der Waals surface area contributed by atoms with Gasteiger partial charge in [-0.05, 0) is 47.9 Å². The van der Waals surface area contributed by atoms with Gasteiger partial charge in [-0.25, -0.2) is 0 Å². The van der Waals surface area contributed by atoms with Crippen molar-refractivity contribution in [3.63, 3.8) is 0 Å². The molecule has 1 radical (unpaired) electrons. The number of carbonyl (C=O) groups excluding carboxylic acids is 3. The topological polar surface area (TPSA) is 345 Å². The number of nitrogens with zero attached hydrogens (tertiary/aromatic N) is 7. The zero-order valence-corrected chi connectivity index (χ0v) is 34.4. The van der Waals surface area contributed by atoms with Gasteiger partial charge in [-0.1, -0.05) is 54.0 Å². The van der Waals surface area contributed by atoms with E-state index in [9.17, 15) is 60.1 Å². The molecule has 319 valence electrons. The van der Waals surface area contributed by atoms with Crippen molar-refractivity contribution in [1.82, 2.24) is 0 Å². The number of benzene rings is 6. The summed E-state index contributed by atoms with van der Waals surface area (Å²) in [6, 6.07) is 19.3. The fourth-order valence-electron chi connectivity index (χ4n) is 5.80. The van der Waals surface area contributed by atoms with Crippen molar-refractivity contribution in [2.45, 2.75) is 27.7 Å². The molecule has 3 amide bonds. The number of aliphatic imine (C=N–C) groups is 1. The van der Waals surface area contributed by atoms with Crippen LogP contribution in [-0.4, -0.2) is 43.7 Å². The van der Waals surface area contributed by atoms with Gasteiger partial charge in [-0.15, -0.1) is 10.2 Å². The van der Waals surface area contributed by atoms with Gasteiger partial charge in [0, 0.05) is 49.7 Å². The van der Waals surface area contributed by atoms with Crippen LogP contribution in [0, 0.1) is 20.2 Å². The number of rotatable bonds is 10. The van der Waals surface area contributed by atoms with E-state index < -0.39 is 61.9 Å². The maximum absolute atomic E-state index is 12.4. The van der Waals surface area contributed by atoms with Gasteiger partial charge >= 0.3 is 17.4 Å². The fraction of sp³-hybridized carbons (Fsp3) is 0.100. The molecule has 6 aromatic rings. The summed E-state index contributed by atoms with van der Waals surface area (Å²) in [4.78, 5) is 59.0. The number of anilines is 3. The van der Waals surface area contributed by atoms with Crippen LogP contribution < -0.4 is 31.3 Å². The summed E-state index contributed by atoms with van der Waals surface area (Å²) in [5, 5.41) is 104. The zero-order chi connectivity index (χ0) is 45.4. The van der Waals surface area contributed by atoms with Gasteiger partial charge in [0.25, 0.3) is 11.4 Å². The van der Waals surface area contributed by atoms with Gasteiger partial charge in [-0.3, -0.25) is 39.6 Å². The second-order valence-electron chi connectivity index (χ2n) is 12.9. The average molecular weight is 896 g/mol. The van der Waals surface area contributed by atoms with Crippen molar-refractivity contribution in [1.29, 1.82) is 0 Å². The Morgan fingerprint density at radius 3 is 1.65 bits per heavy atom. The number of nitro benzene ring substituents is 2. The summed E-state index contributed by atoms with van der Waals surface area (Å²) >= 11 is 0. The number of phenolic OH excluding ortho intramolecular Hbond substituents is 2. The predicted octanol–water partition coefficient (Wildman–Crippen LogP) is 7.17. The molecule has 0 fully saturated rings. The van der Waals surface area contributed by atoms with Crippen LogP contribution in [-0.2, 0) is 31.7 Å². The molecule has 0 aliphatic heterocycles. The molecule has 0 unspecified atom stereocenters. The van der Waals surface area contributed by atoms with Crippen molar-refractivity contribution in [2.24, 2.45) is 25.4 Å². The third-order valence-electron chi connectivity index (χ3n) is 8.25. The summed E-state index contributed by atoms with van der Waals surface area (Å²) in [6.45, 7) is 4.89. The summed E-state index contributed by atoms with van der Waals surface area (Å²) in [6.07, 6.45) is 0. The van der Waals surface area contributed by atoms with Crippen molar-refractivity contribution in [3.05, 3.63) is 105 Å². The molecule has 63 heavy (non-hydrogen) atoms. The molecule has 0 bridgehead atoms. The molecule has 0 saturated carbocycles. The molecule has 0 aliphatic rings. The number of azo groups is 2. The van der Waals surface area contributed by atoms with Gasteiger partial charge in [0.05, 0.1) is 32.6 Å². The van der Waals surface area contributed by atoms with Crippen LogP contribution in [0.1, 0.15) is 27.7 Å². The van der Waals surface area contributed by atoms with Crippen LogP contribution in [0.25, 0.3) is 21.5 Å². The number of aromatic hydroxyl groups is 2. The minimum Gasteiger partial charge on any atom is -0.871 e. The van der Waals surface area contributed by atoms with E-state index in [1.54, 1.807) is 36.4 Å². The molecule has 6 rings (SSSR count). The Kier molecular flexibility index (Phi) is 15.1. The maximum atomic E-state index is 12.4. The van der Waals surface area contributed by atoms with Gasteiger partial charge in [-0.2, -0.15) is 10.2 Å². The van der Waals surface area contributed by atoms with Gasteiger partial charge in [0.1, 0.15) is 34.2 Å². The molecule has 0 spiro atoms. The van der Waals surface area contributed by atoms with E-state index in [1.807, 2.05) is 0 Å². The summed E-state index contributed by atoms with van der Waals surface area (Å²) in [5.74, 6) is -3.98. The first-order chi connectivity index (χ1) is 29.3. The third kappa shape index (κ3) is 11.4. The molecule has 0 atom stereocenters. The van der Waals surface area contributed by atoms with E-state index in [0.29, 0.717) is 21.8 Å². The Hall–Kier alpha value is -8.55. The molecule has 0 aromatic heterocycles. The third-order valence-corrected chi connectivity index (χ3v) is 8.25. The number of hydrogen-bond acceptors (Lipinski definition) is 17. The van der Waals surface area contributed by atoms with Crippen LogP contribution in [0.4, 0.5) is 56.9 Å². The number of amides is 3. The number of nitro groups is 2. The Morgan fingerprint density at radius 2 is 1.06 bits per heavy atom. The predicted molar refractivity (Wildman–Crippen MR) is 220 cm³/mol. The smallest absolute Gasteiger partial charge is 0.871 e. The SMILES string of the molecule is CC(=O)Nc1cc(O)c(N=Nc2c(O)ccc3cccc(NC(C)=O)c23)cc1[N+](=O)[O-].CC(=O)Nc1cc([O-])c(N=Nc2c([O-])ccc3cccc(N=C(C)[O-])c23)cc1[N+](=O)[O-].[Cr+3]. The van der Waals surface area contributed by atoms with Gasteiger partial charge in [0.15, 0.2) is 0 Å². The van der Waals surface area contributed by atoms with Crippen molar-refractivity contribution >= 4 is 102 Å². The molecule has 22 nitrogen and oxygen atoms in total. The monoisotopic (exact) mass is 895 g/mol. The quantitative estimate of drug-likeness (QED) is 0.0300. The van der Waals surface area contributed by atoms with E-state index in [4.69, 9.17) is 0 Å². The largest absolute Gasteiger partial charge is 3.00 e. The van der Waals surface area contributed by atoms with Crippen LogP contribution in [0.15, 0.2) is 110 Å². The standard InChI is InChI=1S/2C20H17N5O6.Cr/c2*1-10(26)21-13-5-3-4-12-6-7-17(28)20(19(12)13)24-23-15-8-16(25(30)31)14(9-18(15)29)22-11(2)27;/h2*3-9,28-29H,1-2H3,(H,21,26)(H,22,27);/q;;+3/p-3. The number of nitrogens with one attached hydrogen (secondary N) is 3. The summed E-state index contributed by atoms with van der Waals surface area (Å²) in [7, 11) is 0. The van der Waals surface area contributed by atoms with E-state index >= 15 is 0 Å². The van der Waals surface area contributed by atoms with Crippen molar-refractivity contribution in [2.75, 3.05) is 16.0 Å². The Morgan fingerprint density at radius 1 is 0.556 bits per heavy atom. The van der Waals surface area contributed by atoms with E-state index in [0.717, 1.165) is 31.2 Å². The second-order valence-corrected chi connectivity index (χ2v) is 12.9. The summed E-state index contributed by atoms with van der Waals surface area (Å²) in [5.41, 5.74) is -1.79. The minimum absolute atomic E-state index is 0. The number of fused-ring (bicyclic) bond motifs is 2. The molecule has 0 heterocycles. The number of hydrogen-bond donors (Lipinski definition) is 5. The van der Waals surface area contributed by atoms with Crippen LogP contribution >= 0.6 is 0 Å². The normalized spacial score (nSPS) is 11.1. The van der Waals surface area contributed by atoms with Crippen molar-refractivity contribution < 1.29 is 67.1 Å². The van der Waals surface area contributed by atoms with E-state index in [2.05, 4.69) is 41.4 Å². The van der Waals surface area contributed by atoms with Crippen molar-refractivity contribution in [3.8, 4) is 23.0 Å². The minimum atomic E-state index is -0.787. The number of phenols is 2. The number of carbonyl (C=O) groups is 3. The molecular formula is C40H31CrN10O12. The Balaban J connectivity index is 0.000000272. The second kappa shape index (κ2) is 20.1. The van der Waals surface area contributed by atoms with E-state index in [-0.39, 0.29) is 68.5 Å². The van der Waals surface area contributed by atoms with Gasteiger partial charge < -0.3 is 41.5 Å². The molecule has 0 saturated heterocycles. The Labute approximate surface area is 365 Å². The molecule has 5 N–H and O–H groups in total. The Bertz CT molecular complexity index is 2920. The first-order valence-electron chi connectivity index (χ1n) is 17.7. The van der Waals surface area contributed by atoms with Gasteiger partial charge in [0.2, 0.25) is 17.7 Å². The van der Waals surface area contributed by atoms with Crippen LogP contribution in [0.2, 0.25) is 0 Å². The molecule has 0 aliphatic carbocycles.